The lowest BCUT2D eigenvalue weighted by Gasteiger charge is -2.38. The maximum Gasteiger partial charge on any atom is 0.243 e. The molecule has 2 aliphatic rings. The molecule has 8 heteroatoms. The second-order valence-electron chi connectivity index (χ2n) is 9.15. The van der Waals surface area contributed by atoms with E-state index in [0.717, 1.165) is 35.8 Å². The highest BCUT2D eigenvalue weighted by molar-refractivity contribution is 7.89. The number of hydrogen-bond donors (Lipinski definition) is 0. The number of piperidine rings is 1. The summed E-state index contributed by atoms with van der Waals surface area (Å²) in [5, 5.41) is 0.738. The van der Waals surface area contributed by atoms with Crippen molar-refractivity contribution in [3.05, 3.63) is 64.2 Å². The second-order valence-corrected chi connectivity index (χ2v) is 11.5. The molecule has 0 bridgehead atoms. The third-order valence-corrected chi connectivity index (χ3v) is 9.07. The van der Waals surface area contributed by atoms with Crippen LogP contribution in [-0.2, 0) is 21.4 Å². The number of benzene rings is 2. The molecule has 0 atom stereocenters. The summed E-state index contributed by atoms with van der Waals surface area (Å²) in [5.74, 6) is 0.0726. The summed E-state index contributed by atoms with van der Waals surface area (Å²) < 4.78 is 27.6. The lowest BCUT2D eigenvalue weighted by Crippen LogP contribution is -2.51. The van der Waals surface area contributed by atoms with E-state index in [1.165, 1.54) is 9.87 Å². The highest BCUT2D eigenvalue weighted by atomic mass is 35.5. The van der Waals surface area contributed by atoms with E-state index in [-0.39, 0.29) is 11.8 Å². The van der Waals surface area contributed by atoms with E-state index in [2.05, 4.69) is 4.90 Å². The fourth-order valence-corrected chi connectivity index (χ4v) is 6.28. The van der Waals surface area contributed by atoms with Gasteiger partial charge in [-0.15, -0.1) is 0 Å². The topological polar surface area (TPSA) is 60.9 Å². The predicted octanol–water partition coefficient (Wildman–Crippen LogP) is 3.70. The molecule has 0 radical (unpaired) electrons. The largest absolute Gasteiger partial charge is 0.340 e. The molecule has 6 nitrogen and oxygen atoms in total. The second kappa shape index (κ2) is 10.1. The third-order valence-electron chi connectivity index (χ3n) is 6.92. The number of carbonyl (C=O) groups is 1. The molecule has 2 aromatic rings. The Balaban J connectivity index is 1.28. The fourth-order valence-electron chi connectivity index (χ4n) is 4.60. The Kier molecular flexibility index (Phi) is 7.43. The Morgan fingerprint density at radius 3 is 2.15 bits per heavy atom. The van der Waals surface area contributed by atoms with Crippen LogP contribution in [0.15, 0.2) is 47.4 Å². The van der Waals surface area contributed by atoms with Gasteiger partial charge in [-0.2, -0.15) is 4.31 Å². The van der Waals surface area contributed by atoms with Gasteiger partial charge in [0.2, 0.25) is 15.9 Å². The number of sulfonamides is 1. The maximum absolute atomic E-state index is 13.1. The van der Waals surface area contributed by atoms with E-state index >= 15 is 0 Å². The molecule has 2 aromatic carbocycles. The molecule has 0 aliphatic carbocycles. The number of aryl methyl sites for hydroxylation is 2. The van der Waals surface area contributed by atoms with Crippen LogP contribution < -0.4 is 0 Å². The van der Waals surface area contributed by atoms with Crippen molar-refractivity contribution in [2.45, 2.75) is 38.1 Å². The van der Waals surface area contributed by atoms with Gasteiger partial charge in [-0.05, 0) is 67.6 Å². The van der Waals surface area contributed by atoms with Crippen molar-refractivity contribution in [1.29, 1.82) is 0 Å². The molecule has 0 N–H and O–H groups in total. The van der Waals surface area contributed by atoms with Crippen LogP contribution >= 0.6 is 11.6 Å². The Morgan fingerprint density at radius 2 is 1.55 bits per heavy atom. The Morgan fingerprint density at radius 1 is 0.909 bits per heavy atom. The van der Waals surface area contributed by atoms with Crippen molar-refractivity contribution >= 4 is 27.5 Å². The van der Waals surface area contributed by atoms with E-state index in [1.54, 1.807) is 12.1 Å². The monoisotopic (exact) mass is 489 g/mol. The molecule has 0 unspecified atom stereocenters. The zero-order valence-corrected chi connectivity index (χ0v) is 20.9. The molecule has 0 saturated carbocycles. The van der Waals surface area contributed by atoms with Crippen LogP contribution in [0.1, 0.15) is 29.5 Å². The van der Waals surface area contributed by atoms with Crippen LogP contribution in [0.25, 0.3) is 0 Å². The van der Waals surface area contributed by atoms with Crippen LogP contribution in [0, 0.1) is 19.8 Å². The third kappa shape index (κ3) is 5.60. The Hall–Kier alpha value is -1.93. The molecule has 4 rings (SSSR count). The molecular weight excluding hydrogens is 458 g/mol. The fraction of sp³-hybridized carbons (Fsp3) is 0.480. The molecule has 33 heavy (non-hydrogen) atoms. The lowest BCUT2D eigenvalue weighted by molar-refractivity contribution is -0.138. The first-order valence-corrected chi connectivity index (χ1v) is 13.4. The van der Waals surface area contributed by atoms with Gasteiger partial charge in [-0.3, -0.25) is 9.69 Å². The van der Waals surface area contributed by atoms with Gasteiger partial charge in [0.1, 0.15) is 0 Å². The zero-order chi connectivity index (χ0) is 23.6. The molecule has 0 spiro atoms. The van der Waals surface area contributed by atoms with E-state index in [4.69, 9.17) is 11.6 Å². The molecule has 0 aromatic heterocycles. The van der Waals surface area contributed by atoms with Gasteiger partial charge in [0.25, 0.3) is 0 Å². The van der Waals surface area contributed by atoms with Gasteiger partial charge >= 0.3 is 0 Å². The van der Waals surface area contributed by atoms with Crippen LogP contribution in [0.2, 0.25) is 5.02 Å². The number of rotatable bonds is 5. The minimum absolute atomic E-state index is 0.0981. The number of amides is 1. The first kappa shape index (κ1) is 24.2. The first-order valence-electron chi connectivity index (χ1n) is 11.6. The zero-order valence-electron chi connectivity index (χ0n) is 19.3. The maximum atomic E-state index is 13.1. The van der Waals surface area contributed by atoms with Gasteiger partial charge in [0.15, 0.2) is 0 Å². The van der Waals surface area contributed by atoms with Gasteiger partial charge in [-0.1, -0.05) is 29.8 Å². The van der Waals surface area contributed by atoms with E-state index in [0.29, 0.717) is 43.9 Å². The summed E-state index contributed by atoms with van der Waals surface area (Å²) in [4.78, 5) is 17.7. The quantitative estimate of drug-likeness (QED) is 0.642. The average molecular weight is 490 g/mol. The van der Waals surface area contributed by atoms with Crippen molar-refractivity contribution in [3.8, 4) is 0 Å². The molecular formula is C25H32ClN3O3S. The number of piperazine rings is 1. The van der Waals surface area contributed by atoms with E-state index in [9.17, 15) is 13.2 Å². The van der Waals surface area contributed by atoms with Crippen molar-refractivity contribution in [2.24, 2.45) is 5.92 Å². The molecule has 2 aliphatic heterocycles. The Labute approximate surface area is 202 Å². The smallest absolute Gasteiger partial charge is 0.243 e. The van der Waals surface area contributed by atoms with Gasteiger partial charge in [0.05, 0.1) is 4.90 Å². The Bertz CT molecular complexity index is 1090. The normalized spacial score (nSPS) is 19.1. The summed E-state index contributed by atoms with van der Waals surface area (Å²) in [6, 6.07) is 13.2. The van der Waals surface area contributed by atoms with Crippen LogP contribution in [0.3, 0.4) is 0 Å². The molecule has 2 saturated heterocycles. The molecule has 2 heterocycles. The number of hydrogen-bond acceptors (Lipinski definition) is 4. The lowest BCUT2D eigenvalue weighted by atomic mass is 9.96. The van der Waals surface area contributed by atoms with Gasteiger partial charge < -0.3 is 4.90 Å². The van der Waals surface area contributed by atoms with Crippen molar-refractivity contribution in [1.82, 2.24) is 14.1 Å². The minimum Gasteiger partial charge on any atom is -0.340 e. The van der Waals surface area contributed by atoms with E-state index in [1.807, 2.05) is 49.1 Å². The molecule has 2 fully saturated rings. The summed E-state index contributed by atoms with van der Waals surface area (Å²) in [6.45, 7) is 8.65. The molecule has 1 amide bonds. The van der Waals surface area contributed by atoms with Crippen LogP contribution in [0.4, 0.5) is 0 Å². The highest BCUT2D eigenvalue weighted by Gasteiger charge is 2.34. The van der Waals surface area contributed by atoms with Crippen LogP contribution in [-0.4, -0.2) is 67.7 Å². The number of nitrogens with zero attached hydrogens (tertiary/aromatic N) is 3. The standard InChI is InChI=1S/C25H32ClN3O3S/c1-19-3-8-24(17-20(19)2)33(31,32)29-11-9-22(10-12-29)25(30)28-15-13-27(14-16-28)18-21-4-6-23(26)7-5-21/h3-8,17,22H,9-16,18H2,1-2H3. The number of halogens is 1. The summed E-state index contributed by atoms with van der Waals surface area (Å²) in [6.07, 6.45) is 1.15. The SMILES string of the molecule is Cc1ccc(S(=O)(=O)N2CCC(C(=O)N3CCN(Cc4ccc(Cl)cc4)CC3)CC2)cc1C. The number of carbonyl (C=O) groups excluding carboxylic acids is 1. The molecule has 178 valence electrons. The van der Waals surface area contributed by atoms with Crippen molar-refractivity contribution in [3.63, 3.8) is 0 Å². The van der Waals surface area contributed by atoms with Crippen molar-refractivity contribution < 1.29 is 13.2 Å². The summed E-state index contributed by atoms with van der Waals surface area (Å²) in [5.41, 5.74) is 3.26. The summed E-state index contributed by atoms with van der Waals surface area (Å²) in [7, 11) is -3.52. The van der Waals surface area contributed by atoms with Crippen LogP contribution in [0.5, 0.6) is 0 Å². The van der Waals surface area contributed by atoms with Gasteiger partial charge in [0, 0.05) is 56.8 Å². The minimum atomic E-state index is -3.52. The van der Waals surface area contributed by atoms with Crippen molar-refractivity contribution in [2.75, 3.05) is 39.3 Å². The predicted molar refractivity (Wildman–Crippen MR) is 131 cm³/mol. The first-order chi connectivity index (χ1) is 15.7. The highest BCUT2D eigenvalue weighted by Crippen LogP contribution is 2.26. The average Bonchev–Trinajstić information content (AvgIpc) is 2.82. The van der Waals surface area contributed by atoms with Gasteiger partial charge in [-0.25, -0.2) is 8.42 Å². The van der Waals surface area contributed by atoms with E-state index < -0.39 is 10.0 Å². The summed E-state index contributed by atoms with van der Waals surface area (Å²) >= 11 is 5.96.